The van der Waals surface area contributed by atoms with E-state index in [2.05, 4.69) is 10.3 Å². The van der Waals surface area contributed by atoms with Gasteiger partial charge in [-0.2, -0.15) is 0 Å². The van der Waals surface area contributed by atoms with Gasteiger partial charge in [0, 0.05) is 30.4 Å². The van der Waals surface area contributed by atoms with Crippen LogP contribution in [0.4, 0.5) is 0 Å². The maximum absolute atomic E-state index is 12.2. The number of nitrogens with zero attached hydrogens (tertiary/aromatic N) is 1. The molecule has 0 aliphatic rings. The number of carbonyl (C=O) groups is 1. The third kappa shape index (κ3) is 4.98. The molecule has 1 N–H and O–H groups in total. The van der Waals surface area contributed by atoms with Gasteiger partial charge in [0.05, 0.1) is 13.2 Å². The molecule has 23 heavy (non-hydrogen) atoms. The Hall–Kier alpha value is -2.56. The van der Waals surface area contributed by atoms with Crippen LogP contribution in [0.15, 0.2) is 42.6 Å². The quantitative estimate of drug-likeness (QED) is 0.814. The third-order valence-corrected chi connectivity index (χ3v) is 3.20. The number of carbonyl (C=O) groups excluding carboxylic acids is 1. The van der Waals surface area contributed by atoms with Gasteiger partial charge in [0.25, 0.3) is 5.91 Å². The second-order valence-electron chi connectivity index (χ2n) is 4.85. The van der Waals surface area contributed by atoms with Crippen molar-refractivity contribution in [2.45, 2.75) is 20.3 Å². The summed E-state index contributed by atoms with van der Waals surface area (Å²) in [5.41, 5.74) is 1.51. The number of hydrogen-bond donors (Lipinski definition) is 1. The van der Waals surface area contributed by atoms with Gasteiger partial charge in [-0.3, -0.25) is 9.78 Å². The van der Waals surface area contributed by atoms with Gasteiger partial charge in [-0.1, -0.05) is 6.07 Å². The Morgan fingerprint density at radius 1 is 1.09 bits per heavy atom. The SMILES string of the molecule is CCOc1ccc(C(=O)NCCc2ccccn2)cc1OCC. The number of amides is 1. The topological polar surface area (TPSA) is 60.5 Å². The molecule has 1 aromatic heterocycles. The Morgan fingerprint density at radius 3 is 2.57 bits per heavy atom. The normalized spacial score (nSPS) is 10.2. The van der Waals surface area contributed by atoms with Gasteiger partial charge >= 0.3 is 0 Å². The van der Waals surface area contributed by atoms with Gasteiger partial charge in [-0.05, 0) is 44.2 Å². The number of pyridine rings is 1. The summed E-state index contributed by atoms with van der Waals surface area (Å²) in [5.74, 6) is 1.11. The predicted octanol–water partition coefficient (Wildman–Crippen LogP) is 2.85. The van der Waals surface area contributed by atoms with Crippen LogP contribution in [0.2, 0.25) is 0 Å². The van der Waals surface area contributed by atoms with Crippen molar-refractivity contribution < 1.29 is 14.3 Å². The van der Waals surface area contributed by atoms with Crippen molar-refractivity contribution in [1.29, 1.82) is 0 Å². The lowest BCUT2D eigenvalue weighted by Gasteiger charge is -2.12. The largest absolute Gasteiger partial charge is 0.490 e. The van der Waals surface area contributed by atoms with Crippen molar-refractivity contribution in [3.8, 4) is 11.5 Å². The van der Waals surface area contributed by atoms with Crippen molar-refractivity contribution in [2.24, 2.45) is 0 Å². The number of ether oxygens (including phenoxy) is 2. The van der Waals surface area contributed by atoms with Crippen LogP contribution >= 0.6 is 0 Å². The van der Waals surface area contributed by atoms with E-state index in [1.165, 1.54) is 0 Å². The standard InChI is InChI=1S/C18H22N2O3/c1-3-22-16-9-8-14(13-17(16)23-4-2)18(21)20-12-10-15-7-5-6-11-19-15/h5-9,11,13H,3-4,10,12H2,1-2H3,(H,20,21). The molecule has 0 radical (unpaired) electrons. The molecule has 5 nitrogen and oxygen atoms in total. The minimum Gasteiger partial charge on any atom is -0.490 e. The van der Waals surface area contributed by atoms with Gasteiger partial charge in [0.1, 0.15) is 0 Å². The highest BCUT2D eigenvalue weighted by Crippen LogP contribution is 2.28. The van der Waals surface area contributed by atoms with Crippen LogP contribution in [0.25, 0.3) is 0 Å². The summed E-state index contributed by atoms with van der Waals surface area (Å²) in [6.45, 7) is 5.41. The second-order valence-corrected chi connectivity index (χ2v) is 4.85. The lowest BCUT2D eigenvalue weighted by atomic mass is 10.2. The highest BCUT2D eigenvalue weighted by Gasteiger charge is 2.11. The molecule has 0 saturated carbocycles. The number of aromatic nitrogens is 1. The Bertz CT molecular complexity index is 629. The van der Waals surface area contributed by atoms with E-state index in [-0.39, 0.29) is 5.91 Å². The molecule has 2 rings (SSSR count). The van der Waals surface area contributed by atoms with Gasteiger partial charge in [0.15, 0.2) is 11.5 Å². The molecule has 122 valence electrons. The smallest absolute Gasteiger partial charge is 0.251 e. The van der Waals surface area contributed by atoms with Crippen LogP contribution in [0.3, 0.4) is 0 Å². The monoisotopic (exact) mass is 314 g/mol. The van der Waals surface area contributed by atoms with E-state index < -0.39 is 0 Å². The average molecular weight is 314 g/mol. The van der Waals surface area contributed by atoms with Gasteiger partial charge in [-0.25, -0.2) is 0 Å². The van der Waals surface area contributed by atoms with Crippen molar-refractivity contribution in [1.82, 2.24) is 10.3 Å². The van der Waals surface area contributed by atoms with Gasteiger partial charge in [-0.15, -0.1) is 0 Å². The minimum atomic E-state index is -0.134. The first-order valence-electron chi connectivity index (χ1n) is 7.82. The number of benzene rings is 1. The Labute approximate surface area is 136 Å². The van der Waals surface area contributed by atoms with E-state index in [0.29, 0.717) is 43.2 Å². The summed E-state index contributed by atoms with van der Waals surface area (Å²) in [6, 6.07) is 11.0. The molecule has 0 spiro atoms. The zero-order valence-corrected chi connectivity index (χ0v) is 13.5. The van der Waals surface area contributed by atoms with Crippen LogP contribution < -0.4 is 14.8 Å². The number of rotatable bonds is 8. The van der Waals surface area contributed by atoms with Crippen LogP contribution in [-0.2, 0) is 6.42 Å². The van der Waals surface area contributed by atoms with Gasteiger partial charge in [0.2, 0.25) is 0 Å². The maximum atomic E-state index is 12.2. The summed E-state index contributed by atoms with van der Waals surface area (Å²) in [7, 11) is 0. The number of hydrogen-bond acceptors (Lipinski definition) is 4. The summed E-state index contributed by atoms with van der Waals surface area (Å²) in [5, 5.41) is 2.89. The van der Waals surface area contributed by atoms with E-state index in [1.807, 2.05) is 32.0 Å². The fraction of sp³-hybridized carbons (Fsp3) is 0.333. The van der Waals surface area contributed by atoms with Crippen LogP contribution in [0, 0.1) is 0 Å². The molecular formula is C18H22N2O3. The Morgan fingerprint density at radius 2 is 1.87 bits per heavy atom. The molecule has 2 aromatic rings. The molecule has 0 bridgehead atoms. The fourth-order valence-corrected chi connectivity index (χ4v) is 2.14. The van der Waals surface area contributed by atoms with E-state index in [9.17, 15) is 4.79 Å². The highest BCUT2D eigenvalue weighted by molar-refractivity contribution is 5.94. The molecule has 0 aliphatic heterocycles. The number of nitrogens with one attached hydrogen (secondary N) is 1. The predicted molar refractivity (Wildman–Crippen MR) is 89.1 cm³/mol. The van der Waals surface area contributed by atoms with Crippen molar-refractivity contribution in [2.75, 3.05) is 19.8 Å². The summed E-state index contributed by atoms with van der Waals surface area (Å²) < 4.78 is 11.0. The van der Waals surface area contributed by atoms with Crippen molar-refractivity contribution in [3.05, 3.63) is 53.9 Å². The first-order chi connectivity index (χ1) is 11.2. The van der Waals surface area contributed by atoms with E-state index in [0.717, 1.165) is 5.69 Å². The maximum Gasteiger partial charge on any atom is 0.251 e. The molecule has 0 unspecified atom stereocenters. The lowest BCUT2D eigenvalue weighted by molar-refractivity contribution is 0.0953. The molecule has 1 heterocycles. The van der Waals surface area contributed by atoms with E-state index in [1.54, 1.807) is 24.4 Å². The fourth-order valence-electron chi connectivity index (χ4n) is 2.14. The van der Waals surface area contributed by atoms with Crippen LogP contribution in [-0.4, -0.2) is 30.6 Å². The minimum absolute atomic E-state index is 0.134. The molecule has 0 atom stereocenters. The zero-order valence-electron chi connectivity index (χ0n) is 13.5. The third-order valence-electron chi connectivity index (χ3n) is 3.20. The first-order valence-corrected chi connectivity index (χ1v) is 7.82. The highest BCUT2D eigenvalue weighted by atomic mass is 16.5. The van der Waals surface area contributed by atoms with E-state index >= 15 is 0 Å². The lowest BCUT2D eigenvalue weighted by Crippen LogP contribution is -2.25. The summed E-state index contributed by atoms with van der Waals surface area (Å²) in [4.78, 5) is 16.5. The zero-order chi connectivity index (χ0) is 16.5. The Balaban J connectivity index is 1.97. The second kappa shape index (κ2) is 8.78. The molecule has 5 heteroatoms. The summed E-state index contributed by atoms with van der Waals surface area (Å²) in [6.07, 6.45) is 2.44. The average Bonchev–Trinajstić information content (AvgIpc) is 2.58. The first kappa shape index (κ1) is 16.8. The molecule has 0 saturated heterocycles. The van der Waals surface area contributed by atoms with Crippen LogP contribution in [0.1, 0.15) is 29.9 Å². The molecule has 1 amide bonds. The van der Waals surface area contributed by atoms with Crippen molar-refractivity contribution in [3.63, 3.8) is 0 Å². The van der Waals surface area contributed by atoms with Crippen molar-refractivity contribution >= 4 is 5.91 Å². The molecule has 1 aromatic carbocycles. The summed E-state index contributed by atoms with van der Waals surface area (Å²) >= 11 is 0. The van der Waals surface area contributed by atoms with Gasteiger partial charge < -0.3 is 14.8 Å². The Kier molecular flexibility index (Phi) is 6.41. The molecular weight excluding hydrogens is 292 g/mol. The van der Waals surface area contributed by atoms with E-state index in [4.69, 9.17) is 9.47 Å². The molecule has 0 fully saturated rings. The van der Waals surface area contributed by atoms with Crippen LogP contribution in [0.5, 0.6) is 11.5 Å². The molecule has 0 aliphatic carbocycles.